The molecule has 0 spiro atoms. The summed E-state index contributed by atoms with van der Waals surface area (Å²) < 4.78 is 5.45. The molecule has 0 aliphatic carbocycles. The Balaban J connectivity index is 2.52. The molecule has 1 aromatic rings. The van der Waals surface area contributed by atoms with Crippen molar-refractivity contribution in [1.82, 2.24) is 5.32 Å². The maximum Gasteiger partial charge on any atom is 0.0928 e. The fourth-order valence-electron chi connectivity index (χ4n) is 1.85. The van der Waals surface area contributed by atoms with Crippen LogP contribution in [0.3, 0.4) is 0 Å². The molecular weight excluding hydrogens is 262 g/mol. The van der Waals surface area contributed by atoms with E-state index >= 15 is 0 Å². The van der Waals surface area contributed by atoms with E-state index in [1.807, 2.05) is 25.1 Å². The molecule has 4 heteroatoms. The van der Waals surface area contributed by atoms with Crippen molar-refractivity contribution in [2.24, 2.45) is 5.92 Å². The van der Waals surface area contributed by atoms with E-state index in [9.17, 15) is 5.11 Å². The fraction of sp³-hybridized carbons (Fsp3) is 0.600. The predicted octanol–water partition coefficient (Wildman–Crippen LogP) is 3.02. The second-order valence-corrected chi connectivity index (χ2v) is 5.36. The zero-order valence-corrected chi connectivity index (χ0v) is 12.7. The van der Waals surface area contributed by atoms with Crippen LogP contribution in [-0.4, -0.2) is 30.9 Å². The van der Waals surface area contributed by atoms with Crippen molar-refractivity contribution in [3.63, 3.8) is 0 Å². The Hall–Kier alpha value is -0.610. The molecule has 0 heterocycles. The highest BCUT2D eigenvalue weighted by Crippen LogP contribution is 2.22. The van der Waals surface area contributed by atoms with Gasteiger partial charge in [0.1, 0.15) is 0 Å². The lowest BCUT2D eigenvalue weighted by molar-refractivity contribution is 0.0970. The van der Waals surface area contributed by atoms with Gasteiger partial charge in [0.15, 0.2) is 0 Å². The average Bonchev–Trinajstić information content (AvgIpc) is 2.38. The largest absolute Gasteiger partial charge is 0.387 e. The molecule has 0 bridgehead atoms. The molecule has 1 rings (SSSR count). The van der Waals surface area contributed by atoms with Gasteiger partial charge in [-0.15, -0.1) is 0 Å². The standard InChI is InChI=1S/C15H24ClNO2/c1-4-19-10-14(11(2)3)17-9-15(18)12-7-5-6-8-13(12)16/h5-8,11,14-15,17-18H,4,9-10H2,1-3H3. The van der Waals surface area contributed by atoms with Crippen LogP contribution in [0.25, 0.3) is 0 Å². The molecule has 0 aliphatic heterocycles. The van der Waals surface area contributed by atoms with Crippen molar-refractivity contribution in [2.75, 3.05) is 19.8 Å². The van der Waals surface area contributed by atoms with Crippen molar-refractivity contribution in [1.29, 1.82) is 0 Å². The van der Waals surface area contributed by atoms with Crippen molar-refractivity contribution in [3.05, 3.63) is 34.9 Å². The molecular formula is C15H24ClNO2. The van der Waals surface area contributed by atoms with E-state index in [2.05, 4.69) is 19.2 Å². The number of benzene rings is 1. The molecule has 108 valence electrons. The van der Waals surface area contributed by atoms with Crippen molar-refractivity contribution in [3.8, 4) is 0 Å². The summed E-state index contributed by atoms with van der Waals surface area (Å²) in [5, 5.41) is 14.1. The zero-order valence-electron chi connectivity index (χ0n) is 11.9. The van der Waals surface area contributed by atoms with Crippen molar-refractivity contribution >= 4 is 11.6 Å². The molecule has 2 unspecified atom stereocenters. The van der Waals surface area contributed by atoms with Crippen LogP contribution in [0.5, 0.6) is 0 Å². The lowest BCUT2D eigenvalue weighted by Crippen LogP contribution is -2.40. The van der Waals surface area contributed by atoms with Gasteiger partial charge in [0.2, 0.25) is 0 Å². The van der Waals surface area contributed by atoms with Gasteiger partial charge >= 0.3 is 0 Å². The summed E-state index contributed by atoms with van der Waals surface area (Å²) in [5.74, 6) is 0.449. The second kappa shape index (κ2) is 8.54. The minimum atomic E-state index is -0.600. The van der Waals surface area contributed by atoms with Gasteiger partial charge in [-0.05, 0) is 18.9 Å². The minimum absolute atomic E-state index is 0.233. The molecule has 0 saturated heterocycles. The number of halogens is 1. The molecule has 0 aliphatic rings. The molecule has 3 nitrogen and oxygen atoms in total. The van der Waals surface area contributed by atoms with Crippen LogP contribution in [0.4, 0.5) is 0 Å². The molecule has 1 aromatic carbocycles. The number of hydrogen-bond acceptors (Lipinski definition) is 3. The number of hydrogen-bond donors (Lipinski definition) is 2. The summed E-state index contributed by atoms with van der Waals surface area (Å²) in [6.07, 6.45) is -0.600. The van der Waals surface area contributed by atoms with E-state index < -0.39 is 6.10 Å². The maximum absolute atomic E-state index is 10.2. The Morgan fingerprint density at radius 1 is 1.32 bits per heavy atom. The molecule has 0 aromatic heterocycles. The SMILES string of the molecule is CCOCC(NCC(O)c1ccccc1Cl)C(C)C. The van der Waals surface area contributed by atoms with Gasteiger partial charge in [-0.2, -0.15) is 0 Å². The smallest absolute Gasteiger partial charge is 0.0928 e. The molecule has 0 radical (unpaired) electrons. The number of aliphatic hydroxyl groups is 1. The summed E-state index contributed by atoms with van der Waals surface area (Å²) in [6, 6.07) is 7.61. The molecule has 0 saturated carbocycles. The number of aliphatic hydroxyl groups excluding tert-OH is 1. The Labute approximate surface area is 120 Å². The Bertz CT molecular complexity index is 371. The normalized spacial score (nSPS) is 14.6. The molecule has 19 heavy (non-hydrogen) atoms. The van der Waals surface area contributed by atoms with Crippen LogP contribution in [0.2, 0.25) is 5.02 Å². The predicted molar refractivity (Wildman–Crippen MR) is 79.5 cm³/mol. The van der Waals surface area contributed by atoms with Gasteiger partial charge in [0.25, 0.3) is 0 Å². The Morgan fingerprint density at radius 3 is 2.58 bits per heavy atom. The lowest BCUT2D eigenvalue weighted by atomic mass is 10.0. The highest BCUT2D eigenvalue weighted by Gasteiger charge is 2.16. The molecule has 0 amide bonds. The third kappa shape index (κ3) is 5.49. The zero-order chi connectivity index (χ0) is 14.3. The minimum Gasteiger partial charge on any atom is -0.387 e. The first-order valence-electron chi connectivity index (χ1n) is 6.79. The number of nitrogens with one attached hydrogen (secondary N) is 1. The number of rotatable bonds is 8. The van der Waals surface area contributed by atoms with E-state index in [1.165, 1.54) is 0 Å². The van der Waals surface area contributed by atoms with Crippen LogP contribution >= 0.6 is 11.6 Å². The van der Waals surface area contributed by atoms with Crippen molar-refractivity contribution in [2.45, 2.75) is 32.9 Å². The Kier molecular flexibility index (Phi) is 7.39. The third-order valence-electron chi connectivity index (χ3n) is 3.14. The van der Waals surface area contributed by atoms with Crippen LogP contribution in [0, 0.1) is 5.92 Å². The molecule has 2 N–H and O–H groups in total. The van der Waals surface area contributed by atoms with Crippen LogP contribution < -0.4 is 5.32 Å². The maximum atomic E-state index is 10.2. The number of ether oxygens (including phenoxy) is 1. The van der Waals surface area contributed by atoms with E-state index in [4.69, 9.17) is 16.3 Å². The van der Waals surface area contributed by atoms with Crippen LogP contribution in [0.15, 0.2) is 24.3 Å². The quantitative estimate of drug-likeness (QED) is 0.771. The van der Waals surface area contributed by atoms with E-state index in [1.54, 1.807) is 6.07 Å². The third-order valence-corrected chi connectivity index (χ3v) is 3.49. The van der Waals surface area contributed by atoms with E-state index in [0.29, 0.717) is 30.7 Å². The molecule has 0 fully saturated rings. The second-order valence-electron chi connectivity index (χ2n) is 4.96. The summed E-state index contributed by atoms with van der Waals surface area (Å²) in [5.41, 5.74) is 0.760. The van der Waals surface area contributed by atoms with E-state index in [0.717, 1.165) is 5.56 Å². The lowest BCUT2D eigenvalue weighted by Gasteiger charge is -2.24. The van der Waals surface area contributed by atoms with Gasteiger partial charge in [-0.3, -0.25) is 0 Å². The summed E-state index contributed by atoms with van der Waals surface area (Å²) in [6.45, 7) is 8.09. The first kappa shape index (κ1) is 16.4. The van der Waals surface area contributed by atoms with Gasteiger partial charge in [-0.25, -0.2) is 0 Å². The Morgan fingerprint density at radius 2 is 2.00 bits per heavy atom. The summed E-state index contributed by atoms with van der Waals surface area (Å²) >= 11 is 6.07. The van der Waals surface area contributed by atoms with E-state index in [-0.39, 0.29) is 6.04 Å². The van der Waals surface area contributed by atoms with Gasteiger partial charge in [0.05, 0.1) is 12.7 Å². The van der Waals surface area contributed by atoms with Gasteiger partial charge in [-0.1, -0.05) is 43.6 Å². The summed E-state index contributed by atoms with van der Waals surface area (Å²) in [7, 11) is 0. The van der Waals surface area contributed by atoms with Crippen LogP contribution in [-0.2, 0) is 4.74 Å². The van der Waals surface area contributed by atoms with Crippen LogP contribution in [0.1, 0.15) is 32.4 Å². The topological polar surface area (TPSA) is 41.5 Å². The fourth-order valence-corrected chi connectivity index (χ4v) is 2.11. The monoisotopic (exact) mass is 285 g/mol. The first-order valence-corrected chi connectivity index (χ1v) is 7.17. The highest BCUT2D eigenvalue weighted by molar-refractivity contribution is 6.31. The first-order chi connectivity index (χ1) is 9.06. The van der Waals surface area contributed by atoms with Gasteiger partial charge < -0.3 is 15.2 Å². The highest BCUT2D eigenvalue weighted by atomic mass is 35.5. The molecule has 2 atom stereocenters. The average molecular weight is 286 g/mol. The summed E-state index contributed by atoms with van der Waals surface area (Å²) in [4.78, 5) is 0. The van der Waals surface area contributed by atoms with Crippen molar-refractivity contribution < 1.29 is 9.84 Å². The van der Waals surface area contributed by atoms with Gasteiger partial charge in [0, 0.05) is 29.8 Å².